The first-order chi connectivity index (χ1) is 8.17. The molecule has 4 heteroatoms. The summed E-state index contributed by atoms with van der Waals surface area (Å²) >= 11 is 0. The van der Waals surface area contributed by atoms with E-state index >= 15 is 0 Å². The summed E-state index contributed by atoms with van der Waals surface area (Å²) in [6, 6.07) is 7.73. The summed E-state index contributed by atoms with van der Waals surface area (Å²) in [6.45, 7) is 2.67. The molecule has 0 saturated carbocycles. The number of carbonyl (C=O) groups excluding carboxylic acids is 1. The van der Waals surface area contributed by atoms with Crippen LogP contribution in [0.3, 0.4) is 0 Å². The maximum atomic E-state index is 11.5. The van der Waals surface area contributed by atoms with Crippen LogP contribution in [0.1, 0.15) is 24.9 Å². The van der Waals surface area contributed by atoms with Crippen molar-refractivity contribution in [2.45, 2.75) is 19.4 Å². The van der Waals surface area contributed by atoms with Crippen LogP contribution in [0.25, 0.3) is 0 Å². The van der Waals surface area contributed by atoms with E-state index in [1.165, 1.54) is 0 Å². The van der Waals surface area contributed by atoms with Crippen LogP contribution in [-0.2, 0) is 4.79 Å². The van der Waals surface area contributed by atoms with Crippen molar-refractivity contribution in [2.75, 3.05) is 20.7 Å². The Morgan fingerprint density at radius 1 is 1.35 bits per heavy atom. The zero-order chi connectivity index (χ0) is 12.7. The zero-order valence-electron chi connectivity index (χ0n) is 10.6. The number of carbonyl (C=O) groups is 1. The third-order valence-electron chi connectivity index (χ3n) is 2.60. The monoisotopic (exact) mass is 236 g/mol. The molecule has 2 N–H and O–H groups in total. The Morgan fingerprint density at radius 2 is 2.00 bits per heavy atom. The van der Waals surface area contributed by atoms with Gasteiger partial charge in [0.05, 0.1) is 13.2 Å². The van der Waals surface area contributed by atoms with Crippen molar-refractivity contribution in [3.05, 3.63) is 29.8 Å². The average molecular weight is 236 g/mol. The Balaban J connectivity index is 2.51. The Morgan fingerprint density at radius 3 is 2.53 bits per heavy atom. The normalized spacial score (nSPS) is 11.9. The maximum Gasteiger partial charge on any atom is 0.221 e. The third kappa shape index (κ3) is 4.44. The van der Waals surface area contributed by atoms with Gasteiger partial charge in [0.15, 0.2) is 0 Å². The van der Waals surface area contributed by atoms with Gasteiger partial charge in [-0.25, -0.2) is 0 Å². The van der Waals surface area contributed by atoms with E-state index in [4.69, 9.17) is 4.74 Å². The summed E-state index contributed by atoms with van der Waals surface area (Å²) in [5, 5.41) is 5.90. The zero-order valence-corrected chi connectivity index (χ0v) is 10.6. The quantitative estimate of drug-likeness (QED) is 0.786. The molecule has 17 heavy (non-hydrogen) atoms. The van der Waals surface area contributed by atoms with E-state index in [9.17, 15) is 4.79 Å². The molecule has 0 aliphatic heterocycles. The van der Waals surface area contributed by atoms with Crippen molar-refractivity contribution in [3.63, 3.8) is 0 Å². The van der Waals surface area contributed by atoms with E-state index in [1.54, 1.807) is 7.11 Å². The van der Waals surface area contributed by atoms with Gasteiger partial charge >= 0.3 is 0 Å². The van der Waals surface area contributed by atoms with Crippen LogP contribution >= 0.6 is 0 Å². The van der Waals surface area contributed by atoms with E-state index in [2.05, 4.69) is 10.6 Å². The van der Waals surface area contributed by atoms with Crippen LogP contribution in [0.4, 0.5) is 0 Å². The number of amides is 1. The molecule has 0 bridgehead atoms. The maximum absolute atomic E-state index is 11.5. The van der Waals surface area contributed by atoms with Crippen molar-refractivity contribution in [3.8, 4) is 5.75 Å². The summed E-state index contributed by atoms with van der Waals surface area (Å²) in [4.78, 5) is 11.5. The molecular weight excluding hydrogens is 216 g/mol. The first-order valence-electron chi connectivity index (χ1n) is 5.75. The minimum atomic E-state index is 0.0188. The van der Waals surface area contributed by atoms with Gasteiger partial charge in [0.2, 0.25) is 5.91 Å². The predicted molar refractivity (Wildman–Crippen MR) is 68.1 cm³/mol. The Hall–Kier alpha value is -1.55. The molecule has 0 aliphatic rings. The lowest BCUT2D eigenvalue weighted by atomic mass is 10.1. The summed E-state index contributed by atoms with van der Waals surface area (Å²) in [5.41, 5.74) is 1.07. The van der Waals surface area contributed by atoms with Gasteiger partial charge in [0.1, 0.15) is 5.75 Å². The minimum absolute atomic E-state index is 0.0188. The molecule has 4 nitrogen and oxygen atoms in total. The lowest BCUT2D eigenvalue weighted by Gasteiger charge is -2.14. The van der Waals surface area contributed by atoms with Gasteiger partial charge in [-0.3, -0.25) is 4.79 Å². The highest BCUT2D eigenvalue weighted by Crippen LogP contribution is 2.17. The van der Waals surface area contributed by atoms with Gasteiger partial charge in [-0.15, -0.1) is 0 Å². The van der Waals surface area contributed by atoms with E-state index in [0.717, 1.165) is 11.3 Å². The summed E-state index contributed by atoms with van der Waals surface area (Å²) in [6.07, 6.45) is 0.497. The van der Waals surface area contributed by atoms with Crippen LogP contribution in [0.5, 0.6) is 5.75 Å². The largest absolute Gasteiger partial charge is 0.497 e. The molecule has 0 aliphatic carbocycles. The van der Waals surface area contributed by atoms with Crippen LogP contribution in [-0.4, -0.2) is 26.6 Å². The molecule has 0 fully saturated rings. The number of benzene rings is 1. The highest BCUT2D eigenvalue weighted by Gasteiger charge is 2.08. The molecule has 94 valence electrons. The van der Waals surface area contributed by atoms with Gasteiger partial charge < -0.3 is 15.4 Å². The second-order valence-corrected chi connectivity index (χ2v) is 3.92. The Kier molecular flexibility index (Phi) is 5.49. The molecular formula is C13H20N2O2. The highest BCUT2D eigenvalue weighted by atomic mass is 16.5. The first-order valence-corrected chi connectivity index (χ1v) is 5.75. The van der Waals surface area contributed by atoms with Gasteiger partial charge in [0, 0.05) is 13.0 Å². The van der Waals surface area contributed by atoms with Crippen LogP contribution in [0, 0.1) is 0 Å². The van der Waals surface area contributed by atoms with Crippen LogP contribution in [0.15, 0.2) is 24.3 Å². The molecule has 1 rings (SSSR count). The van der Waals surface area contributed by atoms with Gasteiger partial charge in [0.25, 0.3) is 0 Å². The summed E-state index contributed by atoms with van der Waals surface area (Å²) in [5.74, 6) is 0.880. The van der Waals surface area contributed by atoms with Crippen LogP contribution in [0.2, 0.25) is 0 Å². The molecule has 1 amide bonds. The number of ether oxygens (including phenoxy) is 1. The predicted octanol–water partition coefficient (Wildman–Crippen LogP) is 1.48. The average Bonchev–Trinajstić information content (AvgIpc) is 2.36. The summed E-state index contributed by atoms with van der Waals surface area (Å²) in [7, 11) is 3.47. The fraction of sp³-hybridized carbons (Fsp3) is 0.462. The molecule has 0 heterocycles. The lowest BCUT2D eigenvalue weighted by molar-refractivity contribution is -0.121. The number of nitrogens with one attached hydrogen (secondary N) is 2. The molecule has 0 spiro atoms. The van der Waals surface area contributed by atoms with Crippen molar-refractivity contribution >= 4 is 5.91 Å². The third-order valence-corrected chi connectivity index (χ3v) is 2.60. The van der Waals surface area contributed by atoms with E-state index in [0.29, 0.717) is 13.0 Å². The SMILES string of the molecule is CNCCC(=O)N[C@H](C)c1ccc(OC)cc1. The smallest absolute Gasteiger partial charge is 0.221 e. The summed E-state index contributed by atoms with van der Waals surface area (Å²) < 4.78 is 5.09. The molecule has 1 atom stereocenters. The van der Waals surface area contributed by atoms with E-state index in [-0.39, 0.29) is 11.9 Å². The van der Waals surface area contributed by atoms with Crippen LogP contribution < -0.4 is 15.4 Å². The van der Waals surface area contributed by atoms with Crippen molar-refractivity contribution in [2.24, 2.45) is 0 Å². The van der Waals surface area contributed by atoms with Crippen molar-refractivity contribution < 1.29 is 9.53 Å². The lowest BCUT2D eigenvalue weighted by Crippen LogP contribution is -2.28. The minimum Gasteiger partial charge on any atom is -0.497 e. The van der Waals surface area contributed by atoms with Crippen molar-refractivity contribution in [1.29, 1.82) is 0 Å². The standard InChI is InChI=1S/C13H20N2O2/c1-10(15-13(16)8-9-14-2)11-4-6-12(17-3)7-5-11/h4-7,10,14H,8-9H2,1-3H3,(H,15,16)/t10-/m1/s1. The van der Waals surface area contributed by atoms with E-state index in [1.807, 2.05) is 38.2 Å². The molecule has 0 unspecified atom stereocenters. The second-order valence-electron chi connectivity index (χ2n) is 3.92. The molecule has 0 radical (unpaired) electrons. The topological polar surface area (TPSA) is 50.4 Å². The van der Waals surface area contributed by atoms with Gasteiger partial charge in [-0.2, -0.15) is 0 Å². The Labute approximate surface area is 102 Å². The van der Waals surface area contributed by atoms with Gasteiger partial charge in [-0.05, 0) is 31.7 Å². The van der Waals surface area contributed by atoms with Crippen molar-refractivity contribution in [1.82, 2.24) is 10.6 Å². The fourth-order valence-corrected chi connectivity index (χ4v) is 1.53. The van der Waals surface area contributed by atoms with E-state index < -0.39 is 0 Å². The first kappa shape index (κ1) is 13.5. The number of rotatable bonds is 6. The molecule has 0 saturated heterocycles. The number of hydrogen-bond donors (Lipinski definition) is 2. The van der Waals surface area contributed by atoms with Gasteiger partial charge in [-0.1, -0.05) is 12.1 Å². The second kappa shape index (κ2) is 6.91. The number of methoxy groups -OCH3 is 1. The fourth-order valence-electron chi connectivity index (χ4n) is 1.53. The highest BCUT2D eigenvalue weighted by molar-refractivity contribution is 5.76. The molecule has 1 aromatic rings. The molecule has 1 aromatic carbocycles. The molecule has 0 aromatic heterocycles. The number of hydrogen-bond acceptors (Lipinski definition) is 3. The Bertz CT molecular complexity index is 349.